The van der Waals surface area contributed by atoms with E-state index in [0.29, 0.717) is 22.3 Å². The lowest BCUT2D eigenvalue weighted by atomic mass is 10.0. The van der Waals surface area contributed by atoms with Gasteiger partial charge in [0.05, 0.1) is 5.56 Å². The monoisotopic (exact) mass is 394 g/mol. The number of rotatable bonds is 7. The Bertz CT molecular complexity index is 848. The van der Waals surface area contributed by atoms with Crippen LogP contribution in [0.1, 0.15) is 60.8 Å². The van der Waals surface area contributed by atoms with E-state index in [1.54, 1.807) is 19.9 Å². The molecular weight excluding hydrogens is 374 g/mol. The van der Waals surface area contributed by atoms with Crippen molar-refractivity contribution in [1.82, 2.24) is 0 Å². The normalized spacial score (nSPS) is 13.7. The minimum absolute atomic E-state index is 0.0259. The smallest absolute Gasteiger partial charge is 0.310 e. The van der Waals surface area contributed by atoms with Gasteiger partial charge < -0.3 is 9.47 Å². The first-order chi connectivity index (χ1) is 12.9. The Morgan fingerprint density at radius 1 is 1.26 bits per heavy atom. The molecule has 0 aliphatic heterocycles. The van der Waals surface area contributed by atoms with Gasteiger partial charge in [0.1, 0.15) is 18.1 Å². The van der Waals surface area contributed by atoms with E-state index < -0.39 is 6.43 Å². The van der Waals surface area contributed by atoms with Gasteiger partial charge in [0, 0.05) is 17.0 Å². The molecule has 3 nitrogen and oxygen atoms in total. The van der Waals surface area contributed by atoms with E-state index in [1.165, 1.54) is 12.1 Å². The van der Waals surface area contributed by atoms with E-state index in [0.717, 1.165) is 24.0 Å². The molecule has 2 aromatic carbocycles. The summed E-state index contributed by atoms with van der Waals surface area (Å²) < 4.78 is 37.9. The molecule has 0 radical (unpaired) electrons. The minimum Gasteiger partial charge on any atom is -0.488 e. The molecule has 1 aliphatic rings. The molecule has 0 spiro atoms. The molecule has 3 rings (SSSR count). The Morgan fingerprint density at radius 3 is 2.63 bits per heavy atom. The predicted octanol–water partition coefficient (Wildman–Crippen LogP) is 6.36. The van der Waals surface area contributed by atoms with Crippen LogP contribution in [0.15, 0.2) is 30.3 Å². The first kappa shape index (κ1) is 19.6. The van der Waals surface area contributed by atoms with E-state index in [-0.39, 0.29) is 30.3 Å². The van der Waals surface area contributed by atoms with Gasteiger partial charge >= 0.3 is 5.97 Å². The molecule has 0 N–H and O–H groups in total. The molecule has 0 amide bonds. The number of benzene rings is 2. The van der Waals surface area contributed by atoms with Crippen molar-refractivity contribution in [2.24, 2.45) is 0 Å². The zero-order valence-electron chi connectivity index (χ0n) is 15.2. The number of ether oxygens (including phenoxy) is 2. The highest BCUT2D eigenvalue weighted by Crippen LogP contribution is 2.44. The summed E-state index contributed by atoms with van der Waals surface area (Å²) in [5.74, 6) is 0.498. The average molecular weight is 395 g/mol. The third kappa shape index (κ3) is 4.59. The second-order valence-corrected chi connectivity index (χ2v) is 7.06. The number of aryl methyl sites for hydroxylation is 1. The Kier molecular flexibility index (Phi) is 6.00. The van der Waals surface area contributed by atoms with Crippen LogP contribution in [0.25, 0.3) is 0 Å². The number of hydrogen-bond acceptors (Lipinski definition) is 3. The van der Waals surface area contributed by atoms with Gasteiger partial charge in [0.2, 0.25) is 0 Å². The molecule has 0 heterocycles. The largest absolute Gasteiger partial charge is 0.488 e. The second kappa shape index (κ2) is 8.26. The molecule has 1 aliphatic carbocycles. The maximum atomic E-state index is 13.4. The number of halogens is 3. The number of carbonyl (C=O) groups excluding carboxylic acids is 1. The molecular formula is C21H21ClF2O3. The second-order valence-electron chi connectivity index (χ2n) is 6.65. The van der Waals surface area contributed by atoms with Gasteiger partial charge in [0.15, 0.2) is 0 Å². The van der Waals surface area contributed by atoms with Crippen LogP contribution >= 0.6 is 11.6 Å². The van der Waals surface area contributed by atoms with Crippen LogP contribution in [-0.2, 0) is 11.4 Å². The van der Waals surface area contributed by atoms with Gasteiger partial charge in [-0.2, -0.15) is 0 Å². The molecule has 6 heteroatoms. The van der Waals surface area contributed by atoms with Crippen molar-refractivity contribution in [1.29, 1.82) is 0 Å². The summed E-state index contributed by atoms with van der Waals surface area (Å²) >= 11 is 6.09. The standard InChI is InChI=1S/C21H21ClF2O3/c1-3-20(25)27-18-6-4-5-14(13-7-8-13)16(18)11-26-19-10-17(22)12(2)9-15(19)21(23)24/h4-6,9-10,13,21H,3,7-8,11H2,1-2H3. The first-order valence-electron chi connectivity index (χ1n) is 8.94. The maximum Gasteiger partial charge on any atom is 0.310 e. The summed E-state index contributed by atoms with van der Waals surface area (Å²) in [6, 6.07) is 8.26. The highest BCUT2D eigenvalue weighted by molar-refractivity contribution is 6.31. The number of carbonyl (C=O) groups is 1. The molecule has 0 saturated heterocycles. The van der Waals surface area contributed by atoms with Crippen molar-refractivity contribution >= 4 is 17.6 Å². The highest BCUT2D eigenvalue weighted by atomic mass is 35.5. The molecule has 0 aromatic heterocycles. The minimum atomic E-state index is -2.67. The lowest BCUT2D eigenvalue weighted by Crippen LogP contribution is -2.10. The number of alkyl halides is 2. The third-order valence-corrected chi connectivity index (χ3v) is 5.00. The van der Waals surface area contributed by atoms with Gasteiger partial charge in [-0.05, 0) is 55.0 Å². The van der Waals surface area contributed by atoms with Gasteiger partial charge in [-0.3, -0.25) is 4.79 Å². The van der Waals surface area contributed by atoms with E-state index >= 15 is 0 Å². The summed E-state index contributed by atoms with van der Waals surface area (Å²) in [5.41, 5.74) is 2.12. The summed E-state index contributed by atoms with van der Waals surface area (Å²) in [6.07, 6.45) is -0.322. The SMILES string of the molecule is CCC(=O)Oc1cccc(C2CC2)c1COc1cc(Cl)c(C)cc1C(F)F. The number of esters is 1. The van der Waals surface area contributed by atoms with Gasteiger partial charge in [-0.1, -0.05) is 30.7 Å². The Labute approximate surface area is 162 Å². The Morgan fingerprint density at radius 2 is 2.00 bits per heavy atom. The summed E-state index contributed by atoms with van der Waals surface area (Å²) in [6.45, 7) is 3.41. The molecule has 1 saturated carbocycles. The van der Waals surface area contributed by atoms with Gasteiger partial charge in [0.25, 0.3) is 6.43 Å². The van der Waals surface area contributed by atoms with Crippen LogP contribution in [0, 0.1) is 6.92 Å². The lowest BCUT2D eigenvalue weighted by Gasteiger charge is -2.17. The van der Waals surface area contributed by atoms with Crippen LogP contribution in [0.5, 0.6) is 11.5 Å². The quantitative estimate of drug-likeness (QED) is 0.405. The molecule has 0 unspecified atom stereocenters. The van der Waals surface area contributed by atoms with E-state index in [1.807, 2.05) is 12.1 Å². The first-order valence-corrected chi connectivity index (χ1v) is 9.32. The zero-order chi connectivity index (χ0) is 19.6. The van der Waals surface area contributed by atoms with E-state index in [9.17, 15) is 13.6 Å². The summed E-state index contributed by atoms with van der Waals surface area (Å²) in [4.78, 5) is 11.8. The fourth-order valence-electron chi connectivity index (χ4n) is 2.94. The number of hydrogen-bond donors (Lipinski definition) is 0. The van der Waals surface area contributed by atoms with Crippen molar-refractivity contribution in [2.45, 2.75) is 52.1 Å². The van der Waals surface area contributed by atoms with Crippen LogP contribution < -0.4 is 9.47 Å². The molecule has 1 fully saturated rings. The van der Waals surface area contributed by atoms with E-state index in [2.05, 4.69) is 0 Å². The Hall–Kier alpha value is -2.14. The molecule has 144 valence electrons. The maximum absolute atomic E-state index is 13.4. The fourth-order valence-corrected chi connectivity index (χ4v) is 3.09. The van der Waals surface area contributed by atoms with Crippen molar-refractivity contribution in [2.75, 3.05) is 0 Å². The molecule has 2 aromatic rings. The molecule has 27 heavy (non-hydrogen) atoms. The molecule has 0 atom stereocenters. The van der Waals surface area contributed by atoms with Crippen LogP contribution in [-0.4, -0.2) is 5.97 Å². The van der Waals surface area contributed by atoms with Crippen molar-refractivity contribution < 1.29 is 23.0 Å². The fraction of sp³-hybridized carbons (Fsp3) is 0.381. The summed E-state index contributed by atoms with van der Waals surface area (Å²) in [7, 11) is 0. The van der Waals surface area contributed by atoms with Crippen molar-refractivity contribution in [3.63, 3.8) is 0 Å². The highest BCUT2D eigenvalue weighted by Gasteiger charge is 2.28. The Balaban J connectivity index is 1.91. The van der Waals surface area contributed by atoms with Crippen molar-refractivity contribution in [3.8, 4) is 11.5 Å². The van der Waals surface area contributed by atoms with Crippen molar-refractivity contribution in [3.05, 3.63) is 57.6 Å². The van der Waals surface area contributed by atoms with E-state index in [4.69, 9.17) is 21.1 Å². The zero-order valence-corrected chi connectivity index (χ0v) is 16.0. The third-order valence-electron chi connectivity index (χ3n) is 4.60. The van der Waals surface area contributed by atoms with Crippen LogP contribution in [0.4, 0.5) is 8.78 Å². The summed E-state index contributed by atoms with van der Waals surface area (Å²) in [5, 5.41) is 0.363. The van der Waals surface area contributed by atoms with Crippen LogP contribution in [0.3, 0.4) is 0 Å². The predicted molar refractivity (Wildman–Crippen MR) is 99.8 cm³/mol. The van der Waals surface area contributed by atoms with Crippen LogP contribution in [0.2, 0.25) is 5.02 Å². The molecule has 0 bridgehead atoms. The van der Waals surface area contributed by atoms with Gasteiger partial charge in [-0.15, -0.1) is 0 Å². The van der Waals surface area contributed by atoms with Gasteiger partial charge in [-0.25, -0.2) is 8.78 Å². The average Bonchev–Trinajstić information content (AvgIpc) is 3.47. The topological polar surface area (TPSA) is 35.5 Å². The lowest BCUT2D eigenvalue weighted by molar-refractivity contribution is -0.134.